The fraction of sp³-hybridized carbons (Fsp3) is 0.174. The van der Waals surface area contributed by atoms with E-state index in [9.17, 15) is 4.79 Å². The number of rotatable bonds is 4. The van der Waals surface area contributed by atoms with Crippen LogP contribution in [-0.4, -0.2) is 10.8 Å². The SMILES string of the molecule is Cc1cccc(C)c1NC1c2ccccc2C(=O)N1Cc1ccccc1Cl. The van der Waals surface area contributed by atoms with Gasteiger partial charge in [-0.1, -0.05) is 66.2 Å². The van der Waals surface area contributed by atoms with E-state index in [1.54, 1.807) is 0 Å². The molecule has 1 aliphatic rings. The average Bonchev–Trinajstić information content (AvgIpc) is 2.92. The van der Waals surface area contributed by atoms with Gasteiger partial charge in [-0.25, -0.2) is 0 Å². The lowest BCUT2D eigenvalue weighted by Crippen LogP contribution is -2.32. The number of carbonyl (C=O) groups is 1. The van der Waals surface area contributed by atoms with E-state index in [1.807, 2.05) is 59.5 Å². The molecule has 1 amide bonds. The van der Waals surface area contributed by atoms with Gasteiger partial charge in [0.2, 0.25) is 0 Å². The lowest BCUT2D eigenvalue weighted by atomic mass is 10.1. The average molecular weight is 377 g/mol. The molecule has 0 spiro atoms. The van der Waals surface area contributed by atoms with E-state index in [4.69, 9.17) is 11.6 Å². The Bertz CT molecular complexity index is 995. The quantitative estimate of drug-likeness (QED) is 0.631. The summed E-state index contributed by atoms with van der Waals surface area (Å²) in [6.45, 7) is 4.61. The van der Waals surface area contributed by atoms with Gasteiger partial charge in [0, 0.05) is 28.4 Å². The highest BCUT2D eigenvalue weighted by Crippen LogP contribution is 2.37. The summed E-state index contributed by atoms with van der Waals surface area (Å²) in [5, 5.41) is 4.29. The highest BCUT2D eigenvalue weighted by Gasteiger charge is 2.37. The predicted molar refractivity (Wildman–Crippen MR) is 110 cm³/mol. The summed E-state index contributed by atoms with van der Waals surface area (Å²) in [4.78, 5) is 15.0. The number of amides is 1. The van der Waals surface area contributed by atoms with Gasteiger partial charge in [-0.3, -0.25) is 4.79 Å². The third-order valence-corrected chi connectivity index (χ3v) is 5.49. The number of nitrogens with one attached hydrogen (secondary N) is 1. The van der Waals surface area contributed by atoms with E-state index in [0.717, 1.165) is 33.5 Å². The largest absolute Gasteiger partial charge is 0.361 e. The van der Waals surface area contributed by atoms with Gasteiger partial charge in [-0.15, -0.1) is 0 Å². The summed E-state index contributed by atoms with van der Waals surface area (Å²) in [5.74, 6) is 0.0225. The second-order valence-electron chi connectivity index (χ2n) is 6.93. The predicted octanol–water partition coefficient (Wildman–Crippen LogP) is 5.72. The molecule has 3 nitrogen and oxygen atoms in total. The molecule has 0 aliphatic carbocycles. The molecule has 0 bridgehead atoms. The lowest BCUT2D eigenvalue weighted by Gasteiger charge is -2.29. The van der Waals surface area contributed by atoms with E-state index in [-0.39, 0.29) is 12.1 Å². The van der Waals surface area contributed by atoms with Crippen molar-refractivity contribution in [2.24, 2.45) is 0 Å². The molecule has 4 heteroatoms. The van der Waals surface area contributed by atoms with Gasteiger partial charge in [-0.2, -0.15) is 0 Å². The van der Waals surface area contributed by atoms with Crippen molar-refractivity contribution in [3.05, 3.63) is 99.6 Å². The zero-order chi connectivity index (χ0) is 19.0. The highest BCUT2D eigenvalue weighted by molar-refractivity contribution is 6.31. The van der Waals surface area contributed by atoms with Gasteiger partial charge in [0.15, 0.2) is 0 Å². The summed E-state index contributed by atoms with van der Waals surface area (Å²) in [6, 6.07) is 21.7. The molecule has 0 fully saturated rings. The van der Waals surface area contributed by atoms with Crippen LogP contribution in [0.5, 0.6) is 0 Å². The number of carbonyl (C=O) groups excluding carboxylic acids is 1. The van der Waals surface area contributed by atoms with Crippen LogP contribution in [0.15, 0.2) is 66.7 Å². The molecule has 3 aromatic carbocycles. The third-order valence-electron chi connectivity index (χ3n) is 5.12. The zero-order valence-corrected chi connectivity index (χ0v) is 16.1. The number of fused-ring (bicyclic) bond motifs is 1. The van der Waals surface area contributed by atoms with Crippen molar-refractivity contribution in [2.45, 2.75) is 26.6 Å². The van der Waals surface area contributed by atoms with Crippen LogP contribution in [0.2, 0.25) is 5.02 Å². The monoisotopic (exact) mass is 376 g/mol. The number of hydrogen-bond donors (Lipinski definition) is 1. The van der Waals surface area contributed by atoms with E-state index in [0.29, 0.717) is 11.6 Å². The van der Waals surface area contributed by atoms with Crippen LogP contribution in [0, 0.1) is 13.8 Å². The van der Waals surface area contributed by atoms with Crippen molar-refractivity contribution in [1.29, 1.82) is 0 Å². The molecule has 3 aromatic rings. The number of benzene rings is 3. The molecule has 1 unspecified atom stereocenters. The summed E-state index contributed by atoms with van der Waals surface area (Å²) < 4.78 is 0. The number of para-hydroxylation sites is 1. The van der Waals surface area contributed by atoms with Crippen LogP contribution in [0.4, 0.5) is 5.69 Å². The first-order chi connectivity index (χ1) is 13.1. The Kier molecular flexibility index (Phi) is 4.63. The number of halogens is 1. The second kappa shape index (κ2) is 7.09. The molecule has 0 aromatic heterocycles. The first-order valence-electron chi connectivity index (χ1n) is 9.02. The maximum absolute atomic E-state index is 13.1. The van der Waals surface area contributed by atoms with Gasteiger partial charge >= 0.3 is 0 Å². The van der Waals surface area contributed by atoms with E-state index in [1.165, 1.54) is 0 Å². The summed E-state index contributed by atoms with van der Waals surface area (Å²) >= 11 is 6.36. The molecule has 0 saturated heterocycles. The molecule has 1 aliphatic heterocycles. The van der Waals surface area contributed by atoms with Gasteiger partial charge in [0.25, 0.3) is 5.91 Å². The minimum atomic E-state index is -0.232. The van der Waals surface area contributed by atoms with Crippen LogP contribution in [0.1, 0.15) is 38.8 Å². The summed E-state index contributed by atoms with van der Waals surface area (Å²) in [6.07, 6.45) is -0.232. The lowest BCUT2D eigenvalue weighted by molar-refractivity contribution is 0.0728. The van der Waals surface area contributed by atoms with Crippen LogP contribution in [0.25, 0.3) is 0 Å². The Labute approximate surface area is 164 Å². The Hall–Kier alpha value is -2.78. The molecule has 1 N–H and O–H groups in total. The molecule has 1 heterocycles. The minimum Gasteiger partial charge on any atom is -0.361 e. The smallest absolute Gasteiger partial charge is 0.256 e. The minimum absolute atomic E-state index is 0.0225. The van der Waals surface area contributed by atoms with Crippen molar-refractivity contribution in [2.75, 3.05) is 5.32 Å². The normalized spacial score (nSPS) is 15.7. The Morgan fingerprint density at radius 3 is 2.33 bits per heavy atom. The molecule has 136 valence electrons. The van der Waals surface area contributed by atoms with E-state index < -0.39 is 0 Å². The molecule has 1 atom stereocenters. The molecule has 0 saturated carbocycles. The van der Waals surface area contributed by atoms with Crippen molar-refractivity contribution in [3.63, 3.8) is 0 Å². The second-order valence-corrected chi connectivity index (χ2v) is 7.33. The van der Waals surface area contributed by atoms with Crippen LogP contribution in [0.3, 0.4) is 0 Å². The van der Waals surface area contributed by atoms with Crippen LogP contribution < -0.4 is 5.32 Å². The van der Waals surface area contributed by atoms with Gasteiger partial charge < -0.3 is 10.2 Å². The third kappa shape index (κ3) is 3.19. The number of anilines is 1. The number of hydrogen-bond acceptors (Lipinski definition) is 2. The Morgan fingerprint density at radius 2 is 1.59 bits per heavy atom. The standard InChI is InChI=1S/C23H21ClN2O/c1-15-8-7-9-16(2)21(15)25-22-18-11-4-5-12-19(18)23(27)26(22)14-17-10-3-6-13-20(17)24/h3-13,22,25H,14H2,1-2H3. The van der Waals surface area contributed by atoms with Crippen molar-refractivity contribution in [3.8, 4) is 0 Å². The summed E-state index contributed by atoms with van der Waals surface area (Å²) in [7, 11) is 0. The van der Waals surface area contributed by atoms with Crippen molar-refractivity contribution < 1.29 is 4.79 Å². The maximum atomic E-state index is 13.1. The van der Waals surface area contributed by atoms with Crippen LogP contribution >= 0.6 is 11.6 Å². The van der Waals surface area contributed by atoms with Gasteiger partial charge in [0.1, 0.15) is 6.17 Å². The fourth-order valence-electron chi connectivity index (χ4n) is 3.68. The van der Waals surface area contributed by atoms with Crippen molar-refractivity contribution in [1.82, 2.24) is 4.90 Å². The maximum Gasteiger partial charge on any atom is 0.256 e. The van der Waals surface area contributed by atoms with Gasteiger partial charge in [-0.05, 0) is 42.7 Å². The van der Waals surface area contributed by atoms with Crippen molar-refractivity contribution >= 4 is 23.2 Å². The fourth-order valence-corrected chi connectivity index (χ4v) is 3.87. The molecule has 27 heavy (non-hydrogen) atoms. The Balaban J connectivity index is 1.75. The van der Waals surface area contributed by atoms with E-state index >= 15 is 0 Å². The first kappa shape index (κ1) is 17.6. The van der Waals surface area contributed by atoms with Crippen LogP contribution in [-0.2, 0) is 6.54 Å². The molecule has 4 rings (SSSR count). The van der Waals surface area contributed by atoms with E-state index in [2.05, 4.69) is 31.3 Å². The Morgan fingerprint density at radius 1 is 0.926 bits per heavy atom. The summed E-state index contributed by atoms with van der Waals surface area (Å²) in [5.41, 5.74) is 6.06. The van der Waals surface area contributed by atoms with Gasteiger partial charge in [0.05, 0.1) is 0 Å². The number of nitrogens with zero attached hydrogens (tertiary/aromatic N) is 1. The number of aryl methyl sites for hydroxylation is 2. The molecular formula is C23H21ClN2O. The topological polar surface area (TPSA) is 32.3 Å². The highest BCUT2D eigenvalue weighted by atomic mass is 35.5. The first-order valence-corrected chi connectivity index (χ1v) is 9.40. The zero-order valence-electron chi connectivity index (χ0n) is 15.4. The molecule has 0 radical (unpaired) electrons. The molecular weight excluding hydrogens is 356 g/mol.